The summed E-state index contributed by atoms with van der Waals surface area (Å²) in [4.78, 5) is 13.3. The highest BCUT2D eigenvalue weighted by molar-refractivity contribution is 6.43. The van der Waals surface area contributed by atoms with Gasteiger partial charge >= 0.3 is 7.12 Å². The summed E-state index contributed by atoms with van der Waals surface area (Å²) < 4.78 is 0. The summed E-state index contributed by atoms with van der Waals surface area (Å²) in [5.74, 6) is -0.654. The molecule has 0 radical (unpaired) electrons. The quantitative estimate of drug-likeness (QED) is 0.532. The molecule has 0 bridgehead atoms. The molecule has 2 unspecified atom stereocenters. The largest absolute Gasteiger partial charge is 0.475 e. The van der Waals surface area contributed by atoms with E-state index < -0.39 is 19.1 Å². The Morgan fingerprint density at radius 3 is 2.80 bits per heavy atom. The summed E-state index contributed by atoms with van der Waals surface area (Å²) in [7, 11) is -1.46. The molecule has 1 heterocycles. The van der Waals surface area contributed by atoms with Crippen LogP contribution in [-0.2, 0) is 4.79 Å². The average molecular weight is 214 g/mol. The Kier molecular flexibility index (Phi) is 4.57. The summed E-state index contributed by atoms with van der Waals surface area (Å²) in [6.07, 6.45) is 3.04. The zero-order valence-electron chi connectivity index (χ0n) is 9.09. The fraction of sp³-hybridized carbons (Fsp3) is 0.889. The van der Waals surface area contributed by atoms with Crippen LogP contribution < -0.4 is 5.73 Å². The molecule has 1 amide bonds. The predicted octanol–water partition coefficient (Wildman–Crippen LogP) is -0.883. The Hall–Kier alpha value is -0.585. The first kappa shape index (κ1) is 12.5. The van der Waals surface area contributed by atoms with Gasteiger partial charge in [-0.1, -0.05) is 13.3 Å². The second-order valence-electron chi connectivity index (χ2n) is 4.02. The summed E-state index contributed by atoms with van der Waals surface area (Å²) in [5.41, 5.74) is 5.66. The van der Waals surface area contributed by atoms with Crippen molar-refractivity contribution in [3.63, 3.8) is 0 Å². The van der Waals surface area contributed by atoms with Crippen LogP contribution in [-0.4, -0.2) is 46.5 Å². The molecule has 5 nitrogen and oxygen atoms in total. The molecule has 0 aromatic heterocycles. The number of nitrogens with two attached hydrogens (primary N) is 1. The van der Waals surface area contributed by atoms with Crippen molar-refractivity contribution < 1.29 is 14.8 Å². The summed E-state index contributed by atoms with van der Waals surface area (Å²) in [6.45, 7) is 2.42. The van der Waals surface area contributed by atoms with Gasteiger partial charge in [-0.25, -0.2) is 0 Å². The zero-order valence-corrected chi connectivity index (χ0v) is 9.09. The number of carbonyl (C=O) groups is 1. The van der Waals surface area contributed by atoms with Gasteiger partial charge < -0.3 is 20.7 Å². The minimum absolute atomic E-state index is 0.171. The predicted molar refractivity (Wildman–Crippen MR) is 57.8 cm³/mol. The Balaban J connectivity index is 2.67. The van der Waals surface area contributed by atoms with Crippen molar-refractivity contribution in [1.29, 1.82) is 0 Å². The lowest BCUT2D eigenvalue weighted by Gasteiger charge is -2.36. The number of amides is 1. The van der Waals surface area contributed by atoms with Crippen LogP contribution in [0.25, 0.3) is 0 Å². The first-order chi connectivity index (χ1) is 7.07. The van der Waals surface area contributed by atoms with Crippen molar-refractivity contribution in [2.24, 2.45) is 5.73 Å². The fourth-order valence-corrected chi connectivity index (χ4v) is 1.93. The fourth-order valence-electron chi connectivity index (χ4n) is 1.93. The molecule has 0 aromatic rings. The molecule has 1 aliphatic heterocycles. The SMILES string of the molecule is CCC(N)C(=O)N1CCCCC1B(O)O. The summed E-state index contributed by atoms with van der Waals surface area (Å²) >= 11 is 0. The van der Waals surface area contributed by atoms with E-state index in [1.165, 1.54) is 4.90 Å². The third-order valence-electron chi connectivity index (χ3n) is 2.93. The maximum atomic E-state index is 11.8. The van der Waals surface area contributed by atoms with E-state index in [1.807, 2.05) is 6.92 Å². The monoisotopic (exact) mass is 214 g/mol. The van der Waals surface area contributed by atoms with E-state index in [2.05, 4.69) is 0 Å². The van der Waals surface area contributed by atoms with Gasteiger partial charge in [0.2, 0.25) is 5.91 Å². The second kappa shape index (κ2) is 5.49. The normalized spacial score (nSPS) is 23.7. The number of nitrogens with zero attached hydrogens (tertiary/aromatic N) is 1. The highest BCUT2D eigenvalue weighted by Crippen LogP contribution is 2.18. The molecule has 4 N–H and O–H groups in total. The average Bonchev–Trinajstić information content (AvgIpc) is 2.27. The van der Waals surface area contributed by atoms with Gasteiger partial charge in [-0.15, -0.1) is 0 Å². The van der Waals surface area contributed by atoms with E-state index in [-0.39, 0.29) is 5.91 Å². The van der Waals surface area contributed by atoms with Gasteiger partial charge in [-0.05, 0) is 19.3 Å². The molecular formula is C9H19BN2O3. The number of likely N-dealkylation sites (tertiary alicyclic amines) is 1. The first-order valence-corrected chi connectivity index (χ1v) is 5.50. The lowest BCUT2D eigenvalue weighted by molar-refractivity contribution is -0.135. The van der Waals surface area contributed by atoms with Crippen molar-refractivity contribution in [2.45, 2.75) is 44.6 Å². The van der Waals surface area contributed by atoms with Gasteiger partial charge in [0.25, 0.3) is 0 Å². The van der Waals surface area contributed by atoms with Crippen LogP contribution in [0.1, 0.15) is 32.6 Å². The smallest absolute Gasteiger partial charge is 0.426 e. The van der Waals surface area contributed by atoms with Crippen LogP contribution in [0.3, 0.4) is 0 Å². The van der Waals surface area contributed by atoms with Crippen LogP contribution in [0, 0.1) is 0 Å². The van der Waals surface area contributed by atoms with E-state index >= 15 is 0 Å². The van der Waals surface area contributed by atoms with Gasteiger partial charge in [0.1, 0.15) is 0 Å². The Morgan fingerprint density at radius 1 is 1.60 bits per heavy atom. The molecule has 1 fully saturated rings. The molecule has 2 atom stereocenters. The molecule has 1 saturated heterocycles. The Morgan fingerprint density at radius 2 is 2.27 bits per heavy atom. The lowest BCUT2D eigenvalue weighted by atomic mass is 9.73. The van der Waals surface area contributed by atoms with Crippen LogP contribution in [0.5, 0.6) is 0 Å². The number of hydrogen-bond donors (Lipinski definition) is 3. The minimum Gasteiger partial charge on any atom is -0.426 e. The van der Waals surface area contributed by atoms with Crippen molar-refractivity contribution in [2.75, 3.05) is 6.54 Å². The number of carbonyl (C=O) groups excluding carboxylic acids is 1. The van der Waals surface area contributed by atoms with Gasteiger partial charge in [0.15, 0.2) is 0 Å². The topological polar surface area (TPSA) is 86.8 Å². The van der Waals surface area contributed by atoms with Crippen LogP contribution in [0.2, 0.25) is 0 Å². The van der Waals surface area contributed by atoms with Crippen LogP contribution in [0.15, 0.2) is 0 Å². The van der Waals surface area contributed by atoms with E-state index in [1.54, 1.807) is 0 Å². The van der Waals surface area contributed by atoms with Crippen LogP contribution in [0.4, 0.5) is 0 Å². The number of piperidine rings is 1. The molecule has 15 heavy (non-hydrogen) atoms. The molecule has 6 heteroatoms. The molecule has 1 rings (SSSR count). The number of rotatable bonds is 3. The van der Waals surface area contributed by atoms with Gasteiger partial charge in [-0.3, -0.25) is 4.79 Å². The standard InChI is InChI=1S/C9H19BN2O3/c1-2-7(11)9(13)12-6-4-3-5-8(12)10(14)15/h7-8,14-15H,2-6,11H2,1H3. The zero-order chi connectivity index (χ0) is 11.4. The molecule has 0 aliphatic carbocycles. The Bertz CT molecular complexity index is 225. The van der Waals surface area contributed by atoms with Crippen molar-refractivity contribution >= 4 is 13.0 Å². The van der Waals surface area contributed by atoms with Gasteiger partial charge in [-0.2, -0.15) is 0 Å². The molecule has 0 spiro atoms. The van der Waals surface area contributed by atoms with Gasteiger partial charge in [0, 0.05) is 6.54 Å². The molecule has 1 aliphatic rings. The van der Waals surface area contributed by atoms with Crippen molar-refractivity contribution in [3.05, 3.63) is 0 Å². The van der Waals surface area contributed by atoms with E-state index in [4.69, 9.17) is 5.73 Å². The van der Waals surface area contributed by atoms with E-state index in [0.717, 1.165) is 12.8 Å². The third-order valence-corrected chi connectivity index (χ3v) is 2.93. The highest BCUT2D eigenvalue weighted by Gasteiger charge is 2.36. The van der Waals surface area contributed by atoms with Crippen LogP contribution >= 0.6 is 0 Å². The number of hydrogen-bond acceptors (Lipinski definition) is 4. The Labute approximate surface area is 90.4 Å². The minimum atomic E-state index is -1.46. The molecule has 0 aromatic carbocycles. The van der Waals surface area contributed by atoms with E-state index in [0.29, 0.717) is 19.4 Å². The first-order valence-electron chi connectivity index (χ1n) is 5.50. The van der Waals surface area contributed by atoms with Crippen molar-refractivity contribution in [1.82, 2.24) is 4.90 Å². The second-order valence-corrected chi connectivity index (χ2v) is 4.02. The van der Waals surface area contributed by atoms with Crippen molar-refractivity contribution in [3.8, 4) is 0 Å². The highest BCUT2D eigenvalue weighted by atomic mass is 16.4. The summed E-state index contributed by atoms with van der Waals surface area (Å²) in [5, 5.41) is 18.3. The van der Waals surface area contributed by atoms with E-state index in [9.17, 15) is 14.8 Å². The maximum absolute atomic E-state index is 11.8. The molecular weight excluding hydrogens is 195 g/mol. The molecule has 0 saturated carbocycles. The summed E-state index contributed by atoms with van der Waals surface area (Å²) in [6, 6.07) is -0.524. The maximum Gasteiger partial charge on any atom is 0.475 e. The van der Waals surface area contributed by atoms with Gasteiger partial charge in [0.05, 0.1) is 12.0 Å². The molecule has 86 valence electrons. The lowest BCUT2D eigenvalue weighted by Crippen LogP contribution is -2.56. The third kappa shape index (κ3) is 2.93.